The van der Waals surface area contributed by atoms with E-state index in [-0.39, 0.29) is 12.0 Å². The number of nitrogens with zero attached hydrogens (tertiary/aromatic N) is 2. The molecule has 0 aliphatic heterocycles. The lowest BCUT2D eigenvalue weighted by molar-refractivity contribution is 0.0217. The zero-order valence-corrected chi connectivity index (χ0v) is 11.1. The maximum Gasteiger partial charge on any atom is 0.229 e. The Morgan fingerprint density at radius 2 is 2.06 bits per heavy atom. The zero-order chi connectivity index (χ0) is 12.8. The van der Waals surface area contributed by atoms with E-state index in [2.05, 4.69) is 24.0 Å². The number of aromatic nitrogens is 2. The Labute approximate surface area is 103 Å². The Hall–Kier alpha value is -0.940. The number of rotatable bonds is 7. The molecule has 1 rings (SSSR count). The van der Waals surface area contributed by atoms with Crippen molar-refractivity contribution < 1.29 is 9.26 Å². The minimum absolute atomic E-state index is 0.0948. The molecule has 0 fully saturated rings. The van der Waals surface area contributed by atoms with Gasteiger partial charge in [0.2, 0.25) is 11.7 Å². The van der Waals surface area contributed by atoms with Crippen molar-refractivity contribution in [3.8, 4) is 0 Å². The summed E-state index contributed by atoms with van der Waals surface area (Å²) in [4.78, 5) is 4.41. The predicted molar refractivity (Wildman–Crippen MR) is 65.6 cm³/mol. The van der Waals surface area contributed by atoms with Crippen LogP contribution in [-0.4, -0.2) is 23.3 Å². The first-order valence-electron chi connectivity index (χ1n) is 6.25. The van der Waals surface area contributed by atoms with Crippen LogP contribution in [0, 0.1) is 5.92 Å². The van der Waals surface area contributed by atoms with Crippen molar-refractivity contribution in [1.29, 1.82) is 0 Å². The van der Waals surface area contributed by atoms with Gasteiger partial charge in [-0.05, 0) is 25.8 Å². The molecule has 0 aromatic carbocycles. The Bertz CT molecular complexity index is 325. The summed E-state index contributed by atoms with van der Waals surface area (Å²) >= 11 is 0. The van der Waals surface area contributed by atoms with Crippen LogP contribution in [0.1, 0.15) is 57.9 Å². The van der Waals surface area contributed by atoms with E-state index >= 15 is 0 Å². The quantitative estimate of drug-likeness (QED) is 0.792. The maximum atomic E-state index is 5.63. The molecule has 0 amide bonds. The summed E-state index contributed by atoms with van der Waals surface area (Å²) in [6, 6.07) is 0. The average Bonchev–Trinajstić information content (AvgIpc) is 2.74. The first kappa shape index (κ1) is 14.1. The summed E-state index contributed by atoms with van der Waals surface area (Å²) in [6.07, 6.45) is 0.755. The van der Waals surface area contributed by atoms with Gasteiger partial charge in [-0.1, -0.05) is 25.9 Å². The van der Waals surface area contributed by atoms with Gasteiger partial charge >= 0.3 is 0 Å². The molecule has 2 N–H and O–H groups in total. The number of hydrogen-bond acceptors (Lipinski definition) is 5. The topological polar surface area (TPSA) is 74.2 Å². The van der Waals surface area contributed by atoms with Crippen molar-refractivity contribution in [3.63, 3.8) is 0 Å². The van der Waals surface area contributed by atoms with Crippen molar-refractivity contribution in [1.82, 2.24) is 10.1 Å². The van der Waals surface area contributed by atoms with Crippen molar-refractivity contribution in [2.75, 3.05) is 13.2 Å². The van der Waals surface area contributed by atoms with Crippen LogP contribution < -0.4 is 5.73 Å². The molecule has 0 aliphatic rings. The smallest absolute Gasteiger partial charge is 0.229 e. The molecule has 0 saturated carbocycles. The van der Waals surface area contributed by atoms with Crippen LogP contribution in [-0.2, 0) is 4.74 Å². The van der Waals surface area contributed by atoms with Gasteiger partial charge in [-0.3, -0.25) is 0 Å². The van der Waals surface area contributed by atoms with Gasteiger partial charge in [0, 0.05) is 12.5 Å². The molecule has 0 bridgehead atoms. The fourth-order valence-electron chi connectivity index (χ4n) is 1.68. The standard InChI is InChI=1S/C12H23N3O2/c1-5-16-10(8(2)3)11-14-12(17-15-11)9(4)6-7-13/h8-10H,5-7,13H2,1-4H3. The maximum absolute atomic E-state index is 5.63. The van der Waals surface area contributed by atoms with E-state index in [9.17, 15) is 0 Å². The molecule has 1 aromatic rings. The molecule has 1 heterocycles. The van der Waals surface area contributed by atoms with Crippen LogP contribution in [0.4, 0.5) is 0 Å². The summed E-state index contributed by atoms with van der Waals surface area (Å²) in [7, 11) is 0. The molecule has 0 radical (unpaired) electrons. The van der Waals surface area contributed by atoms with Crippen molar-refractivity contribution in [3.05, 3.63) is 11.7 Å². The molecular formula is C12H23N3O2. The zero-order valence-electron chi connectivity index (χ0n) is 11.1. The summed E-state index contributed by atoms with van der Waals surface area (Å²) in [5, 5.41) is 4.01. The summed E-state index contributed by atoms with van der Waals surface area (Å²) < 4.78 is 10.9. The van der Waals surface area contributed by atoms with Gasteiger partial charge in [0.05, 0.1) is 0 Å². The predicted octanol–water partition coefficient (Wildman–Crippen LogP) is 2.26. The largest absolute Gasteiger partial charge is 0.370 e. The van der Waals surface area contributed by atoms with E-state index in [4.69, 9.17) is 15.0 Å². The SMILES string of the molecule is CCOC(c1noc(C(C)CCN)n1)C(C)C. The lowest BCUT2D eigenvalue weighted by atomic mass is 10.1. The third-order valence-corrected chi connectivity index (χ3v) is 2.68. The van der Waals surface area contributed by atoms with E-state index < -0.39 is 0 Å². The van der Waals surface area contributed by atoms with Crippen LogP contribution >= 0.6 is 0 Å². The molecule has 0 spiro atoms. The Balaban J connectivity index is 2.77. The summed E-state index contributed by atoms with van der Waals surface area (Å²) in [5.41, 5.74) is 5.51. The molecule has 0 saturated heterocycles. The van der Waals surface area contributed by atoms with Crippen LogP contribution in [0.2, 0.25) is 0 Å². The second kappa shape index (κ2) is 6.71. The van der Waals surface area contributed by atoms with Crippen LogP contribution in [0.5, 0.6) is 0 Å². The number of ether oxygens (including phenoxy) is 1. The Morgan fingerprint density at radius 1 is 1.35 bits per heavy atom. The van der Waals surface area contributed by atoms with E-state index in [1.807, 2.05) is 13.8 Å². The molecule has 2 unspecified atom stereocenters. The Morgan fingerprint density at radius 3 is 2.59 bits per heavy atom. The van der Waals surface area contributed by atoms with Crippen LogP contribution in [0.3, 0.4) is 0 Å². The number of nitrogens with two attached hydrogens (primary N) is 1. The minimum atomic E-state index is -0.0948. The van der Waals surface area contributed by atoms with Crippen molar-refractivity contribution in [2.45, 2.75) is 46.1 Å². The fourth-order valence-corrected chi connectivity index (χ4v) is 1.68. The van der Waals surface area contributed by atoms with Crippen molar-refractivity contribution in [2.24, 2.45) is 11.7 Å². The van der Waals surface area contributed by atoms with E-state index in [1.165, 1.54) is 0 Å². The van der Waals surface area contributed by atoms with Crippen LogP contribution in [0.25, 0.3) is 0 Å². The lowest BCUT2D eigenvalue weighted by Gasteiger charge is -2.16. The first-order valence-corrected chi connectivity index (χ1v) is 6.25. The third kappa shape index (κ3) is 3.78. The van der Waals surface area contributed by atoms with E-state index in [0.29, 0.717) is 30.8 Å². The second-order valence-corrected chi connectivity index (χ2v) is 4.59. The third-order valence-electron chi connectivity index (χ3n) is 2.68. The highest BCUT2D eigenvalue weighted by molar-refractivity contribution is 4.96. The van der Waals surface area contributed by atoms with Gasteiger partial charge in [0.1, 0.15) is 6.10 Å². The molecule has 98 valence electrons. The van der Waals surface area contributed by atoms with Gasteiger partial charge < -0.3 is 15.0 Å². The minimum Gasteiger partial charge on any atom is -0.370 e. The Kier molecular flexibility index (Phi) is 5.58. The molecular weight excluding hydrogens is 218 g/mol. The molecule has 5 heteroatoms. The highest BCUT2D eigenvalue weighted by atomic mass is 16.5. The normalized spacial score (nSPS) is 15.2. The second-order valence-electron chi connectivity index (χ2n) is 4.59. The van der Waals surface area contributed by atoms with Gasteiger partial charge in [0.15, 0.2) is 0 Å². The highest BCUT2D eigenvalue weighted by Crippen LogP contribution is 2.25. The van der Waals surface area contributed by atoms with Gasteiger partial charge in [-0.2, -0.15) is 4.98 Å². The van der Waals surface area contributed by atoms with Gasteiger partial charge in [0.25, 0.3) is 0 Å². The summed E-state index contributed by atoms with van der Waals surface area (Å²) in [6.45, 7) is 9.44. The monoisotopic (exact) mass is 241 g/mol. The number of hydrogen-bond donors (Lipinski definition) is 1. The highest BCUT2D eigenvalue weighted by Gasteiger charge is 2.23. The van der Waals surface area contributed by atoms with E-state index in [1.54, 1.807) is 0 Å². The molecule has 2 atom stereocenters. The summed E-state index contributed by atoms with van der Waals surface area (Å²) in [5.74, 6) is 1.82. The molecule has 1 aromatic heterocycles. The van der Waals surface area contributed by atoms with Crippen molar-refractivity contribution >= 4 is 0 Å². The average molecular weight is 241 g/mol. The van der Waals surface area contributed by atoms with Gasteiger partial charge in [-0.25, -0.2) is 0 Å². The molecule has 17 heavy (non-hydrogen) atoms. The molecule has 0 aliphatic carbocycles. The first-order chi connectivity index (χ1) is 8.10. The van der Waals surface area contributed by atoms with Gasteiger partial charge in [-0.15, -0.1) is 0 Å². The van der Waals surface area contributed by atoms with Crippen LogP contribution in [0.15, 0.2) is 4.52 Å². The molecule has 5 nitrogen and oxygen atoms in total. The van der Waals surface area contributed by atoms with E-state index in [0.717, 1.165) is 6.42 Å². The lowest BCUT2D eigenvalue weighted by Crippen LogP contribution is -2.13. The fraction of sp³-hybridized carbons (Fsp3) is 0.833.